The first-order valence-electron chi connectivity index (χ1n) is 11.9. The summed E-state index contributed by atoms with van der Waals surface area (Å²) in [5, 5.41) is 0. The van der Waals surface area contributed by atoms with Gasteiger partial charge in [0.1, 0.15) is 12.2 Å². The molecule has 1 spiro atoms. The van der Waals surface area contributed by atoms with Gasteiger partial charge in [0.25, 0.3) is 0 Å². The Labute approximate surface area is 195 Å². The minimum Gasteiger partial charge on any atom is -0.381 e. The molecule has 0 aliphatic carbocycles. The van der Waals surface area contributed by atoms with E-state index >= 15 is 0 Å². The van der Waals surface area contributed by atoms with Gasteiger partial charge in [0.05, 0.1) is 18.5 Å². The van der Waals surface area contributed by atoms with Crippen LogP contribution in [0.4, 0.5) is 0 Å². The molecule has 5 rings (SSSR count). The van der Waals surface area contributed by atoms with Gasteiger partial charge in [-0.05, 0) is 37.3 Å². The Kier molecular flexibility index (Phi) is 5.97. The van der Waals surface area contributed by atoms with Gasteiger partial charge in [-0.2, -0.15) is 0 Å². The summed E-state index contributed by atoms with van der Waals surface area (Å²) >= 11 is 0. The lowest BCUT2D eigenvalue weighted by atomic mass is 9.73. The topological polar surface area (TPSA) is 59.1 Å². The van der Waals surface area contributed by atoms with Crippen molar-refractivity contribution in [3.63, 3.8) is 0 Å². The fourth-order valence-corrected chi connectivity index (χ4v) is 5.52. The largest absolute Gasteiger partial charge is 0.381 e. The predicted octanol–water partition coefficient (Wildman–Crippen LogP) is 3.07. The van der Waals surface area contributed by atoms with Gasteiger partial charge >= 0.3 is 0 Å². The van der Waals surface area contributed by atoms with Crippen LogP contribution in [-0.4, -0.2) is 66.7 Å². The smallest absolute Gasteiger partial charge is 0.249 e. The van der Waals surface area contributed by atoms with Crippen LogP contribution >= 0.6 is 0 Å². The molecule has 6 nitrogen and oxygen atoms in total. The number of hydrogen-bond donors (Lipinski definition) is 0. The highest BCUT2D eigenvalue weighted by molar-refractivity contribution is 5.89. The van der Waals surface area contributed by atoms with Gasteiger partial charge < -0.3 is 19.3 Å². The second kappa shape index (κ2) is 8.92. The summed E-state index contributed by atoms with van der Waals surface area (Å²) in [6.07, 6.45) is 2.13. The molecule has 1 unspecified atom stereocenters. The summed E-state index contributed by atoms with van der Waals surface area (Å²) in [4.78, 5) is 30.4. The van der Waals surface area contributed by atoms with Crippen LogP contribution in [0.5, 0.6) is 0 Å². The monoisotopic (exact) mass is 448 g/mol. The van der Waals surface area contributed by atoms with Crippen molar-refractivity contribution in [1.82, 2.24) is 9.80 Å². The van der Waals surface area contributed by atoms with E-state index in [9.17, 15) is 9.59 Å². The highest BCUT2D eigenvalue weighted by Crippen LogP contribution is 2.40. The molecule has 2 aromatic carbocycles. The molecule has 3 aliphatic rings. The normalized spacial score (nSPS) is 24.9. The number of morpholine rings is 1. The Morgan fingerprint density at radius 3 is 2.42 bits per heavy atom. The van der Waals surface area contributed by atoms with E-state index in [-0.39, 0.29) is 18.4 Å². The maximum Gasteiger partial charge on any atom is 0.249 e. The summed E-state index contributed by atoms with van der Waals surface area (Å²) in [6.45, 7) is 5.60. The Bertz CT molecular complexity index is 1000. The van der Waals surface area contributed by atoms with Crippen LogP contribution in [-0.2, 0) is 31.0 Å². The SMILES string of the molecule is Cc1ccc(C2(C(=O)N3CCC4(CN(Cc5ccccc5)C(=O)CO4)C3)CCOCC2)cc1. The highest BCUT2D eigenvalue weighted by atomic mass is 16.5. The van der Waals surface area contributed by atoms with Crippen LogP contribution in [0.25, 0.3) is 0 Å². The zero-order valence-electron chi connectivity index (χ0n) is 19.3. The Morgan fingerprint density at radius 1 is 0.970 bits per heavy atom. The third-order valence-electron chi connectivity index (χ3n) is 7.51. The number of nitrogens with zero attached hydrogens (tertiary/aromatic N) is 2. The van der Waals surface area contributed by atoms with Crippen LogP contribution in [0.15, 0.2) is 54.6 Å². The lowest BCUT2D eigenvalue weighted by molar-refractivity contribution is -0.164. The minimum absolute atomic E-state index is 0.00908. The van der Waals surface area contributed by atoms with Gasteiger partial charge in [0.2, 0.25) is 11.8 Å². The third kappa shape index (κ3) is 4.30. The molecule has 0 bridgehead atoms. The van der Waals surface area contributed by atoms with Crippen molar-refractivity contribution in [3.8, 4) is 0 Å². The Balaban J connectivity index is 1.34. The first kappa shape index (κ1) is 22.1. The number of carbonyl (C=O) groups is 2. The molecule has 2 amide bonds. The molecule has 6 heteroatoms. The van der Waals surface area contributed by atoms with Crippen molar-refractivity contribution in [1.29, 1.82) is 0 Å². The van der Waals surface area contributed by atoms with Crippen molar-refractivity contribution < 1.29 is 19.1 Å². The lowest BCUT2D eigenvalue weighted by Crippen LogP contribution is -2.56. The highest BCUT2D eigenvalue weighted by Gasteiger charge is 2.51. The second-order valence-corrected chi connectivity index (χ2v) is 9.74. The number of benzene rings is 2. The molecule has 0 N–H and O–H groups in total. The van der Waals surface area contributed by atoms with Crippen LogP contribution < -0.4 is 0 Å². The number of hydrogen-bond acceptors (Lipinski definition) is 4. The second-order valence-electron chi connectivity index (χ2n) is 9.74. The fourth-order valence-electron chi connectivity index (χ4n) is 5.52. The number of carbonyl (C=O) groups excluding carboxylic acids is 2. The maximum absolute atomic E-state index is 14.0. The summed E-state index contributed by atoms with van der Waals surface area (Å²) in [6, 6.07) is 18.4. The quantitative estimate of drug-likeness (QED) is 0.721. The van der Waals surface area contributed by atoms with Crippen LogP contribution in [0.2, 0.25) is 0 Å². The number of amides is 2. The van der Waals surface area contributed by atoms with E-state index in [1.165, 1.54) is 5.56 Å². The average molecular weight is 449 g/mol. The van der Waals surface area contributed by atoms with E-state index in [0.29, 0.717) is 52.2 Å². The minimum atomic E-state index is -0.550. The Morgan fingerprint density at radius 2 is 1.70 bits per heavy atom. The lowest BCUT2D eigenvalue weighted by Gasteiger charge is -2.42. The summed E-state index contributed by atoms with van der Waals surface area (Å²) in [7, 11) is 0. The molecule has 0 aromatic heterocycles. The van der Waals surface area contributed by atoms with Crippen LogP contribution in [0.1, 0.15) is 36.0 Å². The van der Waals surface area contributed by atoms with Gasteiger partial charge in [-0.25, -0.2) is 0 Å². The maximum atomic E-state index is 14.0. The van der Waals surface area contributed by atoms with E-state index in [1.54, 1.807) is 0 Å². The van der Waals surface area contributed by atoms with Gasteiger partial charge in [-0.15, -0.1) is 0 Å². The first-order valence-corrected chi connectivity index (χ1v) is 11.9. The van der Waals surface area contributed by atoms with E-state index in [4.69, 9.17) is 9.47 Å². The molecule has 3 saturated heterocycles. The van der Waals surface area contributed by atoms with Crippen LogP contribution in [0.3, 0.4) is 0 Å². The van der Waals surface area contributed by atoms with Gasteiger partial charge in [-0.1, -0.05) is 60.2 Å². The molecule has 2 aromatic rings. The van der Waals surface area contributed by atoms with Crippen molar-refractivity contribution in [2.24, 2.45) is 0 Å². The van der Waals surface area contributed by atoms with Gasteiger partial charge in [-0.3, -0.25) is 9.59 Å². The molecule has 3 heterocycles. The van der Waals surface area contributed by atoms with Crippen molar-refractivity contribution in [2.45, 2.75) is 43.7 Å². The zero-order chi connectivity index (χ0) is 22.9. The van der Waals surface area contributed by atoms with Crippen molar-refractivity contribution >= 4 is 11.8 Å². The number of rotatable bonds is 4. The molecule has 33 heavy (non-hydrogen) atoms. The third-order valence-corrected chi connectivity index (χ3v) is 7.51. The fraction of sp³-hybridized carbons (Fsp3) is 0.481. The standard InChI is InChI=1S/C27H32N2O4/c1-21-7-9-23(10-8-21)27(12-15-32-16-13-27)25(31)28-14-11-26(19-28)20-29(24(30)18-33-26)17-22-5-3-2-4-6-22/h2-10H,11-20H2,1H3. The molecular formula is C27H32N2O4. The summed E-state index contributed by atoms with van der Waals surface area (Å²) < 4.78 is 11.8. The van der Waals surface area contributed by atoms with Gasteiger partial charge in [0, 0.05) is 26.3 Å². The van der Waals surface area contributed by atoms with Crippen LogP contribution in [0, 0.1) is 6.92 Å². The molecule has 0 radical (unpaired) electrons. The van der Waals surface area contributed by atoms with Gasteiger partial charge in [0.15, 0.2) is 0 Å². The molecule has 3 aliphatic heterocycles. The molecular weight excluding hydrogens is 416 g/mol. The van der Waals surface area contributed by atoms with E-state index in [1.807, 2.05) is 40.1 Å². The number of likely N-dealkylation sites (tertiary alicyclic amines) is 1. The zero-order valence-corrected chi connectivity index (χ0v) is 19.3. The van der Waals surface area contributed by atoms with Crippen molar-refractivity contribution in [3.05, 3.63) is 71.3 Å². The predicted molar refractivity (Wildman–Crippen MR) is 125 cm³/mol. The summed E-state index contributed by atoms with van der Waals surface area (Å²) in [5.74, 6) is 0.177. The first-order chi connectivity index (χ1) is 16.0. The molecule has 174 valence electrons. The average Bonchev–Trinajstić information content (AvgIpc) is 3.26. The van der Waals surface area contributed by atoms with E-state index in [2.05, 4.69) is 31.2 Å². The molecule has 1 atom stereocenters. The number of aryl methyl sites for hydroxylation is 1. The summed E-state index contributed by atoms with van der Waals surface area (Å²) in [5.41, 5.74) is 2.33. The van der Waals surface area contributed by atoms with Crippen molar-refractivity contribution in [2.75, 3.05) is 39.5 Å². The Hall–Kier alpha value is -2.70. The molecule has 3 fully saturated rings. The van der Waals surface area contributed by atoms with E-state index in [0.717, 1.165) is 17.5 Å². The molecule has 0 saturated carbocycles. The van der Waals surface area contributed by atoms with E-state index < -0.39 is 11.0 Å². The number of ether oxygens (including phenoxy) is 2.